The number of fused-ring (bicyclic) bond motifs is 4. The van der Waals surface area contributed by atoms with Gasteiger partial charge in [0.25, 0.3) is 21.6 Å². The van der Waals surface area contributed by atoms with Gasteiger partial charge in [0.05, 0.1) is 45.9 Å². The van der Waals surface area contributed by atoms with E-state index in [0.29, 0.717) is 85.8 Å². The normalized spacial score (nSPS) is 28.0. The van der Waals surface area contributed by atoms with E-state index in [0.717, 1.165) is 55.5 Å². The topological polar surface area (TPSA) is 205 Å². The van der Waals surface area contributed by atoms with Gasteiger partial charge in [0.15, 0.2) is 11.4 Å². The van der Waals surface area contributed by atoms with Gasteiger partial charge in [0.2, 0.25) is 5.88 Å². The van der Waals surface area contributed by atoms with E-state index >= 15 is 0 Å². The van der Waals surface area contributed by atoms with Crippen molar-refractivity contribution in [3.05, 3.63) is 99.7 Å². The van der Waals surface area contributed by atoms with Gasteiger partial charge >= 0.3 is 0 Å². The number of pyridine rings is 1. The number of anilines is 4. The average molecular weight is 1010 g/mol. The number of H-pyrrole nitrogens is 1. The number of rotatable bonds is 10. The van der Waals surface area contributed by atoms with Crippen LogP contribution in [0.4, 0.5) is 28.4 Å². The summed E-state index contributed by atoms with van der Waals surface area (Å²) in [6, 6.07) is 21.7. The lowest BCUT2D eigenvalue weighted by Crippen LogP contribution is -2.55. The standard InChI is InChI=1S/C55H64N8O9S/c1-54(65)15-12-34(13-16-54)43-31-71-48-26-39(25-46(63(66)67)50(48)57-43)73(68,69)59-52(64)42-11-10-37(24-45(42)62-29-36-30-70-32-49(36)72-53-47(62)23-35-14-19-56-51(35)58-53)60-21-17-55(18-22-60)27-38(28-55)61-20-4-7-44(61)41-6-3-2-5-40(41)33-8-9-33/h2-3,5-6,10-11,14,19,23-26,33-34,36,38,43-44,49,57,65H,4,7-9,12-13,15-18,20-22,27-32H2,1H3,(H,56,58)(H,59,64)/t34?,36-,43-,44-,49-,54?/m0/s1. The summed E-state index contributed by atoms with van der Waals surface area (Å²) >= 11 is 0. The highest BCUT2D eigenvalue weighted by Crippen LogP contribution is 2.55. The van der Waals surface area contributed by atoms with E-state index in [-0.39, 0.29) is 47.6 Å². The number of piperidine rings is 1. The average Bonchev–Trinajstić information content (AvgIpc) is 3.72. The van der Waals surface area contributed by atoms with E-state index in [1.807, 2.05) is 42.3 Å². The molecule has 13 rings (SSSR count). The summed E-state index contributed by atoms with van der Waals surface area (Å²) in [7, 11) is -4.70. The molecule has 0 unspecified atom stereocenters. The molecule has 0 bridgehead atoms. The highest BCUT2D eigenvalue weighted by molar-refractivity contribution is 7.90. The number of aromatic amines is 1. The molecule has 5 aliphatic heterocycles. The molecule has 6 fully saturated rings. The second-order valence-electron chi connectivity index (χ2n) is 22.7. The minimum absolute atomic E-state index is 0.0137. The zero-order chi connectivity index (χ0) is 49.8. The Morgan fingerprint density at radius 3 is 2.48 bits per heavy atom. The summed E-state index contributed by atoms with van der Waals surface area (Å²) in [5.41, 5.74) is 5.08. The molecule has 3 aromatic carbocycles. The molecule has 18 heteroatoms. The number of carbonyl (C=O) groups excluding carboxylic acids is 1. The number of ether oxygens (including phenoxy) is 3. The number of amides is 1. The third kappa shape index (κ3) is 8.64. The minimum atomic E-state index is -4.70. The predicted octanol–water partition coefficient (Wildman–Crippen LogP) is 8.71. The summed E-state index contributed by atoms with van der Waals surface area (Å²) in [4.78, 5) is 41.6. The summed E-state index contributed by atoms with van der Waals surface area (Å²) in [6.07, 6.45) is 13.8. The molecular formula is C55H64N8O9S. The van der Waals surface area contributed by atoms with Crippen LogP contribution in [0.5, 0.6) is 11.6 Å². The minimum Gasteiger partial charge on any atom is -0.489 e. The molecule has 17 nitrogen and oxygen atoms in total. The Morgan fingerprint density at radius 1 is 0.904 bits per heavy atom. The van der Waals surface area contributed by atoms with Crippen molar-refractivity contribution in [2.45, 2.75) is 125 Å². The second kappa shape index (κ2) is 17.9. The van der Waals surface area contributed by atoms with Gasteiger partial charge in [0.1, 0.15) is 24.0 Å². The van der Waals surface area contributed by atoms with Crippen LogP contribution in [0.2, 0.25) is 0 Å². The second-order valence-corrected chi connectivity index (χ2v) is 24.4. The van der Waals surface area contributed by atoms with Gasteiger partial charge in [-0.25, -0.2) is 13.1 Å². The van der Waals surface area contributed by atoms with Gasteiger partial charge in [-0.05, 0) is 149 Å². The molecule has 8 aliphatic rings. The number of carbonyl (C=O) groups is 1. The van der Waals surface area contributed by atoms with Crippen LogP contribution >= 0.6 is 0 Å². The van der Waals surface area contributed by atoms with Crippen LogP contribution in [-0.4, -0.2) is 109 Å². The molecular weight excluding hydrogens is 949 g/mol. The summed E-state index contributed by atoms with van der Waals surface area (Å²) in [5, 5.41) is 27.2. The molecule has 3 saturated heterocycles. The number of sulfonamides is 1. The highest BCUT2D eigenvalue weighted by Gasteiger charge is 2.50. The van der Waals surface area contributed by atoms with Crippen molar-refractivity contribution >= 4 is 55.4 Å². The van der Waals surface area contributed by atoms with Crippen LogP contribution in [0.15, 0.2) is 77.8 Å². The molecule has 5 aromatic rings. The largest absolute Gasteiger partial charge is 0.489 e. The number of hydrogen-bond acceptors (Lipinski definition) is 14. The maximum absolute atomic E-state index is 14.8. The molecule has 73 heavy (non-hydrogen) atoms. The molecule has 2 aromatic heterocycles. The number of nitrogens with zero attached hydrogens (tertiary/aromatic N) is 5. The number of nitro groups is 1. The molecule has 4 atom stereocenters. The maximum atomic E-state index is 14.8. The van der Waals surface area contributed by atoms with Gasteiger partial charge < -0.3 is 39.4 Å². The molecule has 0 radical (unpaired) electrons. The van der Waals surface area contributed by atoms with Crippen LogP contribution in [0, 0.1) is 27.4 Å². The Morgan fingerprint density at radius 2 is 1.70 bits per heavy atom. The van der Waals surface area contributed by atoms with E-state index in [9.17, 15) is 28.4 Å². The lowest BCUT2D eigenvalue weighted by Gasteiger charge is -2.56. The van der Waals surface area contributed by atoms with Crippen molar-refractivity contribution < 1.29 is 37.5 Å². The number of aliphatic hydroxyl groups is 1. The van der Waals surface area contributed by atoms with Crippen molar-refractivity contribution in [2.75, 3.05) is 61.1 Å². The monoisotopic (exact) mass is 1010 g/mol. The number of hydrogen-bond donors (Lipinski definition) is 4. The first-order chi connectivity index (χ1) is 35.3. The molecule has 4 N–H and O–H groups in total. The lowest BCUT2D eigenvalue weighted by atomic mass is 9.59. The zero-order valence-electron chi connectivity index (χ0n) is 41.3. The fraction of sp³-hybridized carbons (Fsp3) is 0.527. The summed E-state index contributed by atoms with van der Waals surface area (Å²) in [5.74, 6) is 0.241. The third-order valence-corrected chi connectivity index (χ3v) is 19.3. The van der Waals surface area contributed by atoms with Crippen molar-refractivity contribution in [3.63, 3.8) is 0 Å². The summed E-state index contributed by atoms with van der Waals surface area (Å²) in [6.45, 7) is 6.05. The zero-order valence-corrected chi connectivity index (χ0v) is 42.1. The molecule has 3 aliphatic carbocycles. The van der Waals surface area contributed by atoms with E-state index in [4.69, 9.17) is 19.2 Å². The Balaban J connectivity index is 0.782. The van der Waals surface area contributed by atoms with E-state index in [1.54, 1.807) is 17.2 Å². The quantitative estimate of drug-likeness (QED) is 0.0764. The third-order valence-electron chi connectivity index (χ3n) is 18.0. The predicted molar refractivity (Wildman–Crippen MR) is 276 cm³/mol. The van der Waals surface area contributed by atoms with Crippen LogP contribution in [-0.2, 0) is 14.8 Å². The van der Waals surface area contributed by atoms with Crippen LogP contribution < -0.4 is 29.3 Å². The maximum Gasteiger partial charge on any atom is 0.297 e. The van der Waals surface area contributed by atoms with Gasteiger partial charge in [-0.2, -0.15) is 4.98 Å². The van der Waals surface area contributed by atoms with Crippen molar-refractivity contribution in [1.82, 2.24) is 19.6 Å². The Labute approximate surface area is 425 Å². The van der Waals surface area contributed by atoms with Gasteiger partial charge in [-0.1, -0.05) is 24.3 Å². The number of benzene rings is 3. The number of nitro benzene ring substituents is 1. The summed E-state index contributed by atoms with van der Waals surface area (Å²) < 4.78 is 49.6. The lowest BCUT2D eigenvalue weighted by molar-refractivity contribution is -0.384. The van der Waals surface area contributed by atoms with Gasteiger partial charge in [-0.15, -0.1) is 0 Å². The molecule has 1 spiro atoms. The van der Waals surface area contributed by atoms with E-state index < -0.39 is 37.0 Å². The smallest absolute Gasteiger partial charge is 0.297 e. The first-order valence-electron chi connectivity index (χ1n) is 26.5. The van der Waals surface area contributed by atoms with Gasteiger partial charge in [-0.3, -0.25) is 19.8 Å². The van der Waals surface area contributed by atoms with Gasteiger partial charge in [0, 0.05) is 67.0 Å². The van der Waals surface area contributed by atoms with Crippen LogP contribution in [0.3, 0.4) is 0 Å². The number of aromatic nitrogens is 2. The molecule has 384 valence electrons. The molecule has 7 heterocycles. The first-order valence-corrected chi connectivity index (χ1v) is 28.0. The van der Waals surface area contributed by atoms with Crippen molar-refractivity contribution in [2.24, 2.45) is 17.3 Å². The Kier molecular flexibility index (Phi) is 11.5. The van der Waals surface area contributed by atoms with Crippen LogP contribution in [0.25, 0.3) is 11.0 Å². The van der Waals surface area contributed by atoms with Crippen molar-refractivity contribution in [3.8, 4) is 11.6 Å². The Bertz CT molecular complexity index is 3100. The van der Waals surface area contributed by atoms with E-state index in [1.165, 1.54) is 44.6 Å². The fourth-order valence-electron chi connectivity index (χ4n) is 13.6. The molecule has 3 saturated carbocycles. The first kappa shape index (κ1) is 46.8. The number of nitrogens with one attached hydrogen (secondary N) is 3. The van der Waals surface area contributed by atoms with Crippen molar-refractivity contribution in [1.29, 1.82) is 0 Å². The highest BCUT2D eigenvalue weighted by atomic mass is 32.2. The molecule has 1 amide bonds. The SMILES string of the molecule is CC1(O)CCC([C@@H]2COc3cc(S(=O)(=O)NC(=O)c4ccc(N5CCC6(CC5)CC(N5CCC[C@H]5c5ccccc5C5CC5)C6)cc4N4C[C@H]5COC[C@@H]5Oc5nc6[nH]ccc6cc54)cc([N+](=O)[O-])c3N2)CC1. The fourth-order valence-corrected chi connectivity index (χ4v) is 14.6. The van der Waals surface area contributed by atoms with E-state index in [2.05, 4.69) is 49.1 Å². The number of likely N-dealkylation sites (tertiary alicyclic amines) is 1. The Hall–Kier alpha value is -5.95. The van der Waals surface area contributed by atoms with Crippen LogP contribution in [0.1, 0.15) is 117 Å².